The first kappa shape index (κ1) is 19.5. The number of hydrogen-bond donors (Lipinski definition) is 2. The van der Waals surface area contributed by atoms with Crippen LogP contribution in [0.4, 0.5) is 11.5 Å². The van der Waals surface area contributed by atoms with E-state index in [1.165, 1.54) is 0 Å². The second-order valence-electron chi connectivity index (χ2n) is 6.72. The molecule has 148 valence electrons. The lowest BCUT2D eigenvalue weighted by Crippen LogP contribution is -2.24. The average molecular weight is 429 g/mol. The van der Waals surface area contributed by atoms with Crippen molar-refractivity contribution in [1.29, 1.82) is 0 Å². The molecule has 1 aromatic heterocycles. The summed E-state index contributed by atoms with van der Waals surface area (Å²) < 4.78 is 1.62. The van der Waals surface area contributed by atoms with Crippen molar-refractivity contribution in [3.63, 3.8) is 0 Å². The number of hydrogen-bond acceptors (Lipinski definition) is 3. The predicted octanol–water partition coefficient (Wildman–Crippen LogP) is 4.94. The molecule has 3 aromatic rings. The highest BCUT2D eigenvalue weighted by Crippen LogP contribution is 2.38. The van der Waals surface area contributed by atoms with Gasteiger partial charge in [0.2, 0.25) is 5.91 Å². The largest absolute Gasteiger partial charge is 0.326 e. The fourth-order valence-corrected chi connectivity index (χ4v) is 3.73. The summed E-state index contributed by atoms with van der Waals surface area (Å²) in [7, 11) is 0. The van der Waals surface area contributed by atoms with Gasteiger partial charge < -0.3 is 10.6 Å². The molecular weight excluding hydrogens is 411 g/mol. The first-order valence-electron chi connectivity index (χ1n) is 9.20. The topological polar surface area (TPSA) is 76.0 Å². The molecule has 0 aliphatic carbocycles. The minimum Gasteiger partial charge on any atom is -0.326 e. The molecule has 1 unspecified atom stereocenters. The van der Waals surface area contributed by atoms with E-state index in [1.807, 2.05) is 37.3 Å². The zero-order valence-corrected chi connectivity index (χ0v) is 17.1. The number of benzene rings is 2. The molecule has 0 radical (unpaired) electrons. The summed E-state index contributed by atoms with van der Waals surface area (Å²) in [6, 6.07) is 13.9. The van der Waals surface area contributed by atoms with E-state index >= 15 is 0 Å². The van der Waals surface area contributed by atoms with Crippen LogP contribution in [0.1, 0.15) is 25.1 Å². The van der Waals surface area contributed by atoms with Gasteiger partial charge in [0.25, 0.3) is 5.91 Å². The van der Waals surface area contributed by atoms with Crippen molar-refractivity contribution >= 4 is 46.5 Å². The van der Waals surface area contributed by atoms with Gasteiger partial charge in [0, 0.05) is 11.3 Å². The first-order valence-corrected chi connectivity index (χ1v) is 9.96. The Kier molecular flexibility index (Phi) is 5.30. The van der Waals surface area contributed by atoms with Crippen LogP contribution < -0.4 is 10.6 Å². The highest BCUT2D eigenvalue weighted by molar-refractivity contribution is 6.42. The Hall–Kier alpha value is -2.83. The molecule has 1 aliphatic heterocycles. The van der Waals surface area contributed by atoms with E-state index in [-0.39, 0.29) is 18.2 Å². The molecule has 8 heteroatoms. The molecule has 2 amide bonds. The fourth-order valence-electron chi connectivity index (χ4n) is 3.43. The van der Waals surface area contributed by atoms with Crippen LogP contribution in [-0.4, -0.2) is 21.6 Å². The SMILES string of the molecule is CCc1nn2c(c1-c1ccccc1)NC(=O)C2CC(=O)Nc1ccc(Cl)c(Cl)c1. The molecule has 29 heavy (non-hydrogen) atoms. The maximum Gasteiger partial charge on any atom is 0.251 e. The number of amides is 2. The molecule has 1 aliphatic rings. The summed E-state index contributed by atoms with van der Waals surface area (Å²) >= 11 is 11.9. The van der Waals surface area contributed by atoms with Crippen LogP contribution in [0.3, 0.4) is 0 Å². The van der Waals surface area contributed by atoms with Gasteiger partial charge in [-0.15, -0.1) is 0 Å². The normalized spacial score (nSPS) is 15.1. The van der Waals surface area contributed by atoms with Crippen molar-refractivity contribution < 1.29 is 9.59 Å². The maximum atomic E-state index is 12.6. The molecule has 0 fully saturated rings. The number of rotatable bonds is 5. The molecule has 0 saturated heterocycles. The second-order valence-corrected chi connectivity index (χ2v) is 7.54. The molecule has 6 nitrogen and oxygen atoms in total. The van der Waals surface area contributed by atoms with Crippen molar-refractivity contribution in [2.45, 2.75) is 25.8 Å². The fraction of sp³-hybridized carbons (Fsp3) is 0.190. The van der Waals surface area contributed by atoms with Crippen LogP contribution >= 0.6 is 23.2 Å². The Morgan fingerprint density at radius 1 is 1.17 bits per heavy atom. The minimum absolute atomic E-state index is 0.0435. The van der Waals surface area contributed by atoms with Gasteiger partial charge in [-0.1, -0.05) is 60.5 Å². The zero-order chi connectivity index (χ0) is 20.5. The van der Waals surface area contributed by atoms with Gasteiger partial charge in [0.05, 0.1) is 22.2 Å². The molecule has 1 atom stereocenters. The van der Waals surface area contributed by atoms with Gasteiger partial charge in [-0.3, -0.25) is 9.59 Å². The molecule has 0 bridgehead atoms. The predicted molar refractivity (Wildman–Crippen MR) is 114 cm³/mol. The lowest BCUT2D eigenvalue weighted by atomic mass is 10.0. The van der Waals surface area contributed by atoms with E-state index in [4.69, 9.17) is 23.2 Å². The molecular formula is C21H18Cl2N4O2. The average Bonchev–Trinajstić information content (AvgIpc) is 3.21. The Balaban J connectivity index is 1.59. The van der Waals surface area contributed by atoms with Crippen LogP contribution in [0.2, 0.25) is 10.0 Å². The van der Waals surface area contributed by atoms with E-state index in [0.29, 0.717) is 28.0 Å². The summed E-state index contributed by atoms with van der Waals surface area (Å²) in [6.07, 6.45) is 0.667. The first-order chi connectivity index (χ1) is 14.0. The number of anilines is 2. The smallest absolute Gasteiger partial charge is 0.251 e. The number of halogens is 2. The number of aryl methyl sites for hydroxylation is 1. The summed E-state index contributed by atoms with van der Waals surface area (Å²) in [5, 5.41) is 11.0. The van der Waals surface area contributed by atoms with Gasteiger partial charge in [0.1, 0.15) is 11.9 Å². The highest BCUT2D eigenvalue weighted by Gasteiger charge is 2.36. The molecule has 2 aromatic carbocycles. The van der Waals surface area contributed by atoms with E-state index in [1.54, 1.807) is 22.9 Å². The van der Waals surface area contributed by atoms with Gasteiger partial charge >= 0.3 is 0 Å². The van der Waals surface area contributed by atoms with Gasteiger partial charge in [0.15, 0.2) is 0 Å². The third kappa shape index (κ3) is 3.73. The summed E-state index contributed by atoms with van der Waals surface area (Å²) in [5.41, 5.74) is 3.27. The Bertz CT molecular complexity index is 1100. The summed E-state index contributed by atoms with van der Waals surface area (Å²) in [4.78, 5) is 25.1. The van der Waals surface area contributed by atoms with E-state index in [9.17, 15) is 9.59 Å². The van der Waals surface area contributed by atoms with Crippen molar-refractivity contribution in [3.05, 3.63) is 64.3 Å². The lowest BCUT2D eigenvalue weighted by Gasteiger charge is -2.10. The Labute approximate surface area is 177 Å². The lowest BCUT2D eigenvalue weighted by molar-refractivity contribution is -0.123. The highest BCUT2D eigenvalue weighted by atomic mass is 35.5. The minimum atomic E-state index is -0.712. The van der Waals surface area contributed by atoms with Crippen LogP contribution in [-0.2, 0) is 16.0 Å². The molecule has 2 heterocycles. The van der Waals surface area contributed by atoms with Crippen LogP contribution in [0.25, 0.3) is 11.1 Å². The van der Waals surface area contributed by atoms with E-state index in [0.717, 1.165) is 16.8 Å². The van der Waals surface area contributed by atoms with Crippen LogP contribution in [0, 0.1) is 0 Å². The zero-order valence-electron chi connectivity index (χ0n) is 15.6. The van der Waals surface area contributed by atoms with Crippen molar-refractivity contribution in [1.82, 2.24) is 9.78 Å². The van der Waals surface area contributed by atoms with Crippen molar-refractivity contribution in [2.24, 2.45) is 0 Å². The third-order valence-corrected chi connectivity index (χ3v) is 5.54. The van der Waals surface area contributed by atoms with E-state index in [2.05, 4.69) is 15.7 Å². The number of fused-ring (bicyclic) bond motifs is 1. The number of nitrogens with one attached hydrogen (secondary N) is 2. The standard InChI is InChI=1S/C21H18Cl2N4O2/c1-2-16-19(12-6-4-3-5-7-12)20-25-21(29)17(27(20)26-16)11-18(28)24-13-8-9-14(22)15(23)10-13/h3-10,17H,2,11H2,1H3,(H,24,28)(H,25,29). The second kappa shape index (κ2) is 7.89. The monoisotopic (exact) mass is 428 g/mol. The number of aromatic nitrogens is 2. The van der Waals surface area contributed by atoms with Gasteiger partial charge in [-0.05, 0) is 30.2 Å². The van der Waals surface area contributed by atoms with Gasteiger partial charge in [-0.2, -0.15) is 5.10 Å². The van der Waals surface area contributed by atoms with Crippen molar-refractivity contribution in [3.8, 4) is 11.1 Å². The van der Waals surface area contributed by atoms with Crippen LogP contribution in [0.5, 0.6) is 0 Å². The van der Waals surface area contributed by atoms with Gasteiger partial charge in [-0.25, -0.2) is 4.68 Å². The van der Waals surface area contributed by atoms with Crippen LogP contribution in [0.15, 0.2) is 48.5 Å². The molecule has 4 rings (SSSR count). The third-order valence-electron chi connectivity index (χ3n) is 4.80. The molecule has 2 N–H and O–H groups in total. The summed E-state index contributed by atoms with van der Waals surface area (Å²) in [6.45, 7) is 2.01. The molecule has 0 saturated carbocycles. The number of carbonyl (C=O) groups excluding carboxylic acids is 2. The Morgan fingerprint density at radius 2 is 1.93 bits per heavy atom. The van der Waals surface area contributed by atoms with Crippen molar-refractivity contribution in [2.75, 3.05) is 10.6 Å². The number of carbonyl (C=O) groups is 2. The summed E-state index contributed by atoms with van der Waals surface area (Å²) in [5.74, 6) is 0.0632. The number of nitrogens with zero attached hydrogens (tertiary/aromatic N) is 2. The van der Waals surface area contributed by atoms with E-state index < -0.39 is 6.04 Å². The molecule has 0 spiro atoms. The maximum absolute atomic E-state index is 12.6. The quantitative estimate of drug-likeness (QED) is 0.603. The Morgan fingerprint density at radius 3 is 2.62 bits per heavy atom.